The van der Waals surface area contributed by atoms with E-state index in [1.54, 1.807) is 18.3 Å². The van der Waals surface area contributed by atoms with E-state index in [-0.39, 0.29) is 16.9 Å². The maximum absolute atomic E-state index is 12.9. The largest absolute Gasteiger partial charge is 0.490 e. The summed E-state index contributed by atoms with van der Waals surface area (Å²) in [5, 5.41) is 7.12. The molecule has 3 aliphatic heterocycles. The third-order valence-corrected chi connectivity index (χ3v) is 9.32. The molecule has 11 heteroatoms. The Hall–Kier alpha value is -3.34. The summed E-state index contributed by atoms with van der Waals surface area (Å²) in [5.74, 6) is -1.19. The average molecular weight is 577 g/mol. The van der Waals surface area contributed by atoms with Crippen molar-refractivity contribution in [3.63, 3.8) is 0 Å². The fourth-order valence-electron chi connectivity index (χ4n) is 5.90. The van der Waals surface area contributed by atoms with Crippen molar-refractivity contribution in [1.29, 1.82) is 0 Å². The number of hydrogen-bond donors (Lipinski definition) is 2. The number of alkyl halides is 3. The van der Waals surface area contributed by atoms with Gasteiger partial charge in [0.2, 0.25) is 0 Å². The highest BCUT2D eigenvalue weighted by Gasteiger charge is 2.49. The van der Waals surface area contributed by atoms with E-state index in [0.29, 0.717) is 16.8 Å². The lowest BCUT2D eigenvalue weighted by Gasteiger charge is -2.47. The van der Waals surface area contributed by atoms with Crippen LogP contribution in [-0.4, -0.2) is 69.7 Å². The smallest absolute Gasteiger partial charge is 0.486 e. The Morgan fingerprint density at radius 1 is 1.02 bits per heavy atom. The molecule has 2 saturated heterocycles. The van der Waals surface area contributed by atoms with E-state index in [1.165, 1.54) is 24.0 Å². The van der Waals surface area contributed by atoms with Gasteiger partial charge in [-0.25, -0.2) is 9.78 Å². The molecular formula is C30H39F3N4O4. The minimum absolute atomic E-state index is 0.00229. The average Bonchev–Trinajstić information content (AvgIpc) is 3.09. The third-order valence-electron chi connectivity index (χ3n) is 9.32. The number of amides is 1. The first-order valence-electron chi connectivity index (χ1n) is 13.9. The number of pyridine rings is 1. The van der Waals surface area contributed by atoms with E-state index < -0.39 is 12.1 Å². The van der Waals surface area contributed by atoms with Gasteiger partial charge in [-0.2, -0.15) is 13.2 Å². The lowest BCUT2D eigenvalue weighted by atomic mass is 9.71. The zero-order valence-electron chi connectivity index (χ0n) is 24.1. The molecule has 0 saturated carbocycles. The summed E-state index contributed by atoms with van der Waals surface area (Å²) in [4.78, 5) is 30.4. The number of carbonyl (C=O) groups excluding carboxylic acids is 1. The fraction of sp³-hybridized carbons (Fsp3) is 0.567. The Morgan fingerprint density at radius 3 is 2.17 bits per heavy atom. The van der Waals surface area contributed by atoms with Crippen molar-refractivity contribution in [2.24, 2.45) is 5.41 Å². The first-order chi connectivity index (χ1) is 19.0. The highest BCUT2D eigenvalue weighted by Crippen LogP contribution is 2.50. The van der Waals surface area contributed by atoms with Crippen LogP contribution in [0.15, 0.2) is 36.5 Å². The number of nitrogens with zero attached hydrogens (tertiary/aromatic N) is 3. The number of para-hydroxylation sites is 1. The van der Waals surface area contributed by atoms with Crippen molar-refractivity contribution in [2.45, 2.75) is 77.1 Å². The second-order valence-corrected chi connectivity index (χ2v) is 12.4. The van der Waals surface area contributed by atoms with Gasteiger partial charge in [0, 0.05) is 47.9 Å². The Morgan fingerprint density at radius 2 is 1.61 bits per heavy atom. The Balaban J connectivity index is 0.000000493. The lowest BCUT2D eigenvalue weighted by molar-refractivity contribution is -0.192. The van der Waals surface area contributed by atoms with Crippen molar-refractivity contribution in [3.05, 3.63) is 53.2 Å². The molecule has 1 aromatic carbocycles. The molecule has 8 nitrogen and oxygen atoms in total. The van der Waals surface area contributed by atoms with Gasteiger partial charge in [0.1, 0.15) is 17.2 Å². The van der Waals surface area contributed by atoms with Crippen LogP contribution < -0.4 is 10.5 Å². The van der Waals surface area contributed by atoms with E-state index in [9.17, 15) is 18.0 Å². The summed E-state index contributed by atoms with van der Waals surface area (Å²) in [7, 11) is 0. The Bertz CT molecular complexity index is 1280. The lowest BCUT2D eigenvalue weighted by Crippen LogP contribution is -2.48. The molecule has 0 bridgehead atoms. The normalized spacial score (nSPS) is 20.9. The number of nitrogen functional groups attached to an aromatic ring is 1. The van der Waals surface area contributed by atoms with Gasteiger partial charge in [-0.05, 0) is 70.2 Å². The van der Waals surface area contributed by atoms with Crippen LogP contribution in [0, 0.1) is 5.41 Å². The predicted molar refractivity (Wildman–Crippen MR) is 149 cm³/mol. The quantitative estimate of drug-likeness (QED) is 0.513. The molecule has 0 aliphatic carbocycles. The van der Waals surface area contributed by atoms with Gasteiger partial charge in [-0.15, -0.1) is 0 Å². The van der Waals surface area contributed by atoms with E-state index in [0.717, 1.165) is 51.3 Å². The molecule has 0 atom stereocenters. The van der Waals surface area contributed by atoms with E-state index in [4.69, 9.17) is 20.4 Å². The number of likely N-dealkylation sites (tertiary alicyclic amines) is 2. The highest BCUT2D eigenvalue weighted by molar-refractivity contribution is 5.94. The topological polar surface area (TPSA) is 109 Å². The summed E-state index contributed by atoms with van der Waals surface area (Å²) in [6, 6.07) is 10.1. The minimum atomic E-state index is -5.08. The van der Waals surface area contributed by atoms with Crippen LogP contribution >= 0.6 is 0 Å². The molecule has 4 heterocycles. The van der Waals surface area contributed by atoms with Crippen molar-refractivity contribution in [3.8, 4) is 5.75 Å². The van der Waals surface area contributed by atoms with E-state index >= 15 is 0 Å². The molecule has 224 valence electrons. The number of benzene rings is 1. The SMILES string of the molecule is CC1(C)Oc2c(CN3CCC4(CC3)CCN(C(=O)c3ccnc(N)c3)CC4)cccc2C1(C)C.O=C(O)C(F)(F)F. The van der Waals surface area contributed by atoms with Gasteiger partial charge in [0.15, 0.2) is 0 Å². The third kappa shape index (κ3) is 6.45. The van der Waals surface area contributed by atoms with Crippen LogP contribution in [-0.2, 0) is 16.8 Å². The summed E-state index contributed by atoms with van der Waals surface area (Å²) in [6.45, 7) is 13.8. The number of ether oxygens (including phenoxy) is 1. The zero-order chi connectivity index (χ0) is 30.2. The van der Waals surface area contributed by atoms with Gasteiger partial charge in [0.05, 0.1) is 0 Å². The number of hydrogen-bond acceptors (Lipinski definition) is 6. The van der Waals surface area contributed by atoms with E-state index in [1.807, 2.05) is 4.90 Å². The number of carboxylic acids is 1. The van der Waals surface area contributed by atoms with Crippen molar-refractivity contribution in [1.82, 2.24) is 14.8 Å². The van der Waals surface area contributed by atoms with Crippen molar-refractivity contribution >= 4 is 17.7 Å². The molecule has 1 spiro atoms. The maximum Gasteiger partial charge on any atom is 0.490 e. The van der Waals surface area contributed by atoms with Crippen LogP contribution in [0.5, 0.6) is 5.75 Å². The minimum Gasteiger partial charge on any atom is -0.486 e. The Kier molecular flexibility index (Phi) is 8.33. The molecule has 2 fully saturated rings. The molecule has 5 rings (SSSR count). The van der Waals surface area contributed by atoms with Gasteiger partial charge in [-0.1, -0.05) is 32.0 Å². The van der Waals surface area contributed by atoms with Crippen LogP contribution in [0.1, 0.15) is 74.9 Å². The molecular weight excluding hydrogens is 537 g/mol. The molecule has 0 unspecified atom stereocenters. The number of anilines is 1. The molecule has 3 aliphatic rings. The number of carbonyl (C=O) groups is 2. The van der Waals surface area contributed by atoms with Crippen molar-refractivity contribution in [2.75, 3.05) is 31.9 Å². The number of aliphatic carboxylic acids is 1. The number of halogens is 3. The maximum atomic E-state index is 12.9. The van der Waals surface area contributed by atoms with E-state index in [2.05, 4.69) is 55.8 Å². The molecule has 41 heavy (non-hydrogen) atoms. The molecule has 2 aromatic rings. The first kappa shape index (κ1) is 30.6. The van der Waals surface area contributed by atoms with Crippen LogP contribution in [0.25, 0.3) is 0 Å². The molecule has 1 amide bonds. The Labute approximate surface area is 238 Å². The number of piperidine rings is 2. The molecule has 3 N–H and O–H groups in total. The monoisotopic (exact) mass is 576 g/mol. The summed E-state index contributed by atoms with van der Waals surface area (Å²) in [5.41, 5.74) is 9.21. The van der Waals surface area contributed by atoms with Crippen molar-refractivity contribution < 1.29 is 32.6 Å². The number of nitrogens with two attached hydrogens (primary N) is 1. The second-order valence-electron chi connectivity index (χ2n) is 12.4. The summed E-state index contributed by atoms with van der Waals surface area (Å²) in [6.07, 6.45) is 1.09. The van der Waals surface area contributed by atoms with Crippen LogP contribution in [0.2, 0.25) is 0 Å². The van der Waals surface area contributed by atoms with Gasteiger partial charge >= 0.3 is 12.1 Å². The molecule has 1 aromatic heterocycles. The molecule has 0 radical (unpaired) electrons. The van der Waals surface area contributed by atoms with Gasteiger partial charge < -0.3 is 20.5 Å². The van der Waals surface area contributed by atoms with Gasteiger partial charge in [-0.3, -0.25) is 9.69 Å². The summed E-state index contributed by atoms with van der Waals surface area (Å²) < 4.78 is 38.2. The highest BCUT2D eigenvalue weighted by atomic mass is 19.4. The zero-order valence-corrected chi connectivity index (χ0v) is 24.1. The fourth-order valence-corrected chi connectivity index (χ4v) is 5.90. The predicted octanol–water partition coefficient (Wildman–Crippen LogP) is 5.26. The van der Waals surface area contributed by atoms with Crippen LogP contribution in [0.4, 0.5) is 19.0 Å². The second kappa shape index (κ2) is 11.2. The first-order valence-corrected chi connectivity index (χ1v) is 13.9. The number of carboxylic acid groups (broad SMARTS) is 1. The van der Waals surface area contributed by atoms with Gasteiger partial charge in [0.25, 0.3) is 5.91 Å². The van der Waals surface area contributed by atoms with Crippen LogP contribution in [0.3, 0.4) is 0 Å². The number of rotatable bonds is 3. The standard InChI is InChI=1S/C28H38N4O2.C2HF3O2/c1-26(2)22-7-5-6-21(24(22)34-27(26,3)4)19-31-14-9-28(10-15-31)11-16-32(17-12-28)25(33)20-8-13-30-23(29)18-20;3-2(4,5)1(6)7/h5-8,13,18H,9-12,14-17,19H2,1-4H3,(H2,29,30);(H,6,7). The number of aromatic nitrogens is 1. The summed E-state index contributed by atoms with van der Waals surface area (Å²) >= 11 is 0. The number of fused-ring (bicyclic) bond motifs is 1.